The summed E-state index contributed by atoms with van der Waals surface area (Å²) in [5.41, 5.74) is 0.793. The molecule has 0 spiro atoms. The standard InChI is InChI=1S/C14H17N3O3/c1-20-10-6-4-5-9(10)15-13-12(14(18)19)17-8-3-2-7-11(17)16-13/h2-3,7-10,15H,4-6H2,1H3,(H,18,19). The van der Waals surface area contributed by atoms with Crippen molar-refractivity contribution in [2.75, 3.05) is 12.4 Å². The molecule has 0 bridgehead atoms. The fraction of sp³-hybridized carbons (Fsp3) is 0.429. The zero-order valence-electron chi connectivity index (χ0n) is 11.2. The molecule has 0 aliphatic heterocycles. The van der Waals surface area contributed by atoms with Crippen LogP contribution in [0.5, 0.6) is 0 Å². The fourth-order valence-electron chi connectivity index (χ4n) is 2.85. The lowest BCUT2D eigenvalue weighted by molar-refractivity contribution is 0.0689. The van der Waals surface area contributed by atoms with Gasteiger partial charge in [-0.3, -0.25) is 4.40 Å². The minimum atomic E-state index is -0.988. The highest BCUT2D eigenvalue weighted by Crippen LogP contribution is 2.27. The van der Waals surface area contributed by atoms with Gasteiger partial charge in [-0.2, -0.15) is 0 Å². The summed E-state index contributed by atoms with van der Waals surface area (Å²) in [6, 6.07) is 5.53. The van der Waals surface area contributed by atoms with Crippen LogP contribution in [0.15, 0.2) is 24.4 Å². The summed E-state index contributed by atoms with van der Waals surface area (Å²) < 4.78 is 7.01. The Bertz CT molecular complexity index is 638. The van der Waals surface area contributed by atoms with Crippen LogP contribution >= 0.6 is 0 Å². The predicted molar refractivity (Wildman–Crippen MR) is 74.2 cm³/mol. The monoisotopic (exact) mass is 275 g/mol. The Morgan fingerprint density at radius 3 is 3.10 bits per heavy atom. The topological polar surface area (TPSA) is 75.9 Å². The van der Waals surface area contributed by atoms with Gasteiger partial charge in [0.15, 0.2) is 11.5 Å². The van der Waals surface area contributed by atoms with E-state index in [1.165, 1.54) is 0 Å². The van der Waals surface area contributed by atoms with Gasteiger partial charge in [0.05, 0.1) is 12.1 Å². The number of fused-ring (bicyclic) bond motifs is 1. The third-order valence-corrected chi connectivity index (χ3v) is 3.81. The van der Waals surface area contributed by atoms with Gasteiger partial charge in [-0.25, -0.2) is 9.78 Å². The molecule has 1 aliphatic rings. The highest BCUT2D eigenvalue weighted by molar-refractivity contribution is 5.93. The van der Waals surface area contributed by atoms with Gasteiger partial charge in [-0.1, -0.05) is 6.07 Å². The minimum Gasteiger partial charge on any atom is -0.476 e. The molecule has 3 rings (SSSR count). The number of nitrogens with zero attached hydrogens (tertiary/aromatic N) is 2. The first-order chi connectivity index (χ1) is 9.70. The van der Waals surface area contributed by atoms with Gasteiger partial charge in [0.25, 0.3) is 0 Å². The summed E-state index contributed by atoms with van der Waals surface area (Å²) in [5.74, 6) is -0.573. The second-order valence-electron chi connectivity index (χ2n) is 5.00. The Morgan fingerprint density at radius 2 is 2.35 bits per heavy atom. The zero-order chi connectivity index (χ0) is 14.1. The van der Waals surface area contributed by atoms with E-state index in [-0.39, 0.29) is 17.8 Å². The molecule has 2 N–H and O–H groups in total. The van der Waals surface area contributed by atoms with E-state index in [0.717, 1.165) is 19.3 Å². The highest BCUT2D eigenvalue weighted by Gasteiger charge is 2.29. The van der Waals surface area contributed by atoms with Crippen molar-refractivity contribution in [3.8, 4) is 0 Å². The number of hydrogen-bond donors (Lipinski definition) is 2. The largest absolute Gasteiger partial charge is 0.476 e. The molecule has 2 aromatic rings. The maximum Gasteiger partial charge on any atom is 0.356 e. The minimum absolute atomic E-state index is 0.112. The Hall–Kier alpha value is -2.08. The first kappa shape index (κ1) is 12.9. The van der Waals surface area contributed by atoms with Gasteiger partial charge < -0.3 is 15.2 Å². The van der Waals surface area contributed by atoms with Crippen molar-refractivity contribution in [3.05, 3.63) is 30.1 Å². The Kier molecular flexibility index (Phi) is 3.31. The van der Waals surface area contributed by atoms with Crippen molar-refractivity contribution < 1.29 is 14.6 Å². The van der Waals surface area contributed by atoms with E-state index < -0.39 is 5.97 Å². The summed E-state index contributed by atoms with van der Waals surface area (Å²) in [4.78, 5) is 15.9. The average Bonchev–Trinajstić information content (AvgIpc) is 3.02. The number of anilines is 1. The molecule has 2 aromatic heterocycles. The van der Waals surface area contributed by atoms with E-state index in [2.05, 4.69) is 10.3 Å². The molecule has 106 valence electrons. The van der Waals surface area contributed by atoms with Gasteiger partial charge in [0.2, 0.25) is 0 Å². The molecule has 6 heteroatoms. The van der Waals surface area contributed by atoms with Crippen LogP contribution in [-0.2, 0) is 4.74 Å². The molecule has 2 atom stereocenters. The van der Waals surface area contributed by atoms with E-state index in [1.54, 1.807) is 29.8 Å². The number of aromatic nitrogens is 2. The number of carboxylic acid groups (broad SMARTS) is 1. The molecule has 6 nitrogen and oxygen atoms in total. The molecule has 0 amide bonds. The van der Waals surface area contributed by atoms with E-state index >= 15 is 0 Å². The molecule has 1 aliphatic carbocycles. The number of nitrogens with one attached hydrogen (secondary N) is 1. The van der Waals surface area contributed by atoms with Gasteiger partial charge in [0.1, 0.15) is 5.65 Å². The van der Waals surface area contributed by atoms with Gasteiger partial charge in [-0.15, -0.1) is 0 Å². The Balaban J connectivity index is 1.98. The third kappa shape index (κ3) is 2.12. The van der Waals surface area contributed by atoms with Crippen molar-refractivity contribution in [3.63, 3.8) is 0 Å². The van der Waals surface area contributed by atoms with Crippen molar-refractivity contribution in [2.45, 2.75) is 31.4 Å². The van der Waals surface area contributed by atoms with E-state index in [9.17, 15) is 9.90 Å². The van der Waals surface area contributed by atoms with Crippen LogP contribution in [0.2, 0.25) is 0 Å². The summed E-state index contributed by atoms with van der Waals surface area (Å²) in [6.07, 6.45) is 4.85. The highest BCUT2D eigenvalue weighted by atomic mass is 16.5. The summed E-state index contributed by atoms with van der Waals surface area (Å²) in [7, 11) is 1.69. The number of aromatic carboxylic acids is 1. The maximum atomic E-state index is 11.5. The molecule has 20 heavy (non-hydrogen) atoms. The van der Waals surface area contributed by atoms with Crippen LogP contribution in [0.3, 0.4) is 0 Å². The number of carbonyl (C=O) groups is 1. The Morgan fingerprint density at radius 1 is 1.50 bits per heavy atom. The molecular weight excluding hydrogens is 258 g/mol. The maximum absolute atomic E-state index is 11.5. The quantitative estimate of drug-likeness (QED) is 0.892. The van der Waals surface area contributed by atoms with Crippen LogP contribution in [0.4, 0.5) is 5.82 Å². The SMILES string of the molecule is COC1CCCC1Nc1nc2ccccn2c1C(=O)O. The van der Waals surface area contributed by atoms with Crippen molar-refractivity contribution >= 4 is 17.4 Å². The third-order valence-electron chi connectivity index (χ3n) is 3.81. The molecule has 2 heterocycles. The number of carboxylic acids is 1. The number of hydrogen-bond acceptors (Lipinski definition) is 4. The number of methoxy groups -OCH3 is 1. The zero-order valence-corrected chi connectivity index (χ0v) is 11.2. The van der Waals surface area contributed by atoms with E-state index in [1.807, 2.05) is 6.07 Å². The fourth-order valence-corrected chi connectivity index (χ4v) is 2.85. The molecule has 2 unspecified atom stereocenters. The molecule has 1 fully saturated rings. The summed E-state index contributed by atoms with van der Waals surface area (Å²) in [5, 5.41) is 12.7. The predicted octanol–water partition coefficient (Wildman–Crippen LogP) is 2.01. The second kappa shape index (κ2) is 5.13. The van der Waals surface area contributed by atoms with Crippen LogP contribution in [0.25, 0.3) is 5.65 Å². The molecule has 0 aromatic carbocycles. The van der Waals surface area contributed by atoms with Crippen LogP contribution in [0, 0.1) is 0 Å². The molecule has 0 radical (unpaired) electrons. The summed E-state index contributed by atoms with van der Waals surface area (Å²) in [6.45, 7) is 0. The van der Waals surface area contributed by atoms with Crippen molar-refractivity contribution in [1.82, 2.24) is 9.38 Å². The van der Waals surface area contributed by atoms with Gasteiger partial charge >= 0.3 is 5.97 Å². The van der Waals surface area contributed by atoms with Crippen LogP contribution in [-0.4, -0.2) is 39.7 Å². The Labute approximate surface area is 116 Å². The summed E-state index contributed by atoms with van der Waals surface area (Å²) >= 11 is 0. The first-order valence-electron chi connectivity index (χ1n) is 6.70. The molecular formula is C14H17N3O3. The number of rotatable bonds is 4. The molecule has 1 saturated carbocycles. The first-order valence-corrected chi connectivity index (χ1v) is 6.70. The number of ether oxygens (including phenoxy) is 1. The molecule has 0 saturated heterocycles. The van der Waals surface area contributed by atoms with E-state index in [4.69, 9.17) is 4.74 Å². The second-order valence-corrected chi connectivity index (χ2v) is 5.00. The lowest BCUT2D eigenvalue weighted by Gasteiger charge is -2.19. The smallest absolute Gasteiger partial charge is 0.356 e. The van der Waals surface area contributed by atoms with Crippen LogP contribution < -0.4 is 5.32 Å². The lowest BCUT2D eigenvalue weighted by atomic mass is 10.2. The van der Waals surface area contributed by atoms with Crippen molar-refractivity contribution in [2.24, 2.45) is 0 Å². The average molecular weight is 275 g/mol. The van der Waals surface area contributed by atoms with Crippen molar-refractivity contribution in [1.29, 1.82) is 0 Å². The van der Waals surface area contributed by atoms with Crippen LogP contribution in [0.1, 0.15) is 29.8 Å². The number of imidazole rings is 1. The van der Waals surface area contributed by atoms with E-state index in [0.29, 0.717) is 11.5 Å². The lowest BCUT2D eigenvalue weighted by Crippen LogP contribution is -2.30. The van der Waals surface area contributed by atoms with Gasteiger partial charge in [0, 0.05) is 13.3 Å². The number of pyridine rings is 1. The van der Waals surface area contributed by atoms with Gasteiger partial charge in [-0.05, 0) is 31.4 Å². The normalized spacial score (nSPS) is 22.2.